The Labute approximate surface area is 65.0 Å². The van der Waals surface area contributed by atoms with Crippen LogP contribution in [0.3, 0.4) is 0 Å². The number of anilines is 1. The molecular formula is C9H9NO. The summed E-state index contributed by atoms with van der Waals surface area (Å²) in [6, 6.07) is 8.09. The Morgan fingerprint density at radius 2 is 1.73 bits per heavy atom. The summed E-state index contributed by atoms with van der Waals surface area (Å²) in [6.07, 6.45) is 1.11. The first-order valence-electron chi connectivity index (χ1n) is 3.87. The van der Waals surface area contributed by atoms with Crippen LogP contribution in [0.2, 0.25) is 0 Å². The molecule has 1 aromatic rings. The van der Waals surface area contributed by atoms with Gasteiger partial charge in [0.15, 0.2) is 0 Å². The largest absolute Gasteiger partial charge is 0.399 e. The molecule has 2 heteroatoms. The van der Waals surface area contributed by atoms with Gasteiger partial charge in [-0.05, 0) is 17.7 Å². The van der Waals surface area contributed by atoms with Crippen molar-refractivity contribution < 1.29 is 4.74 Å². The fourth-order valence-corrected chi connectivity index (χ4v) is 1.57. The van der Waals surface area contributed by atoms with E-state index in [1.54, 1.807) is 0 Å². The van der Waals surface area contributed by atoms with Gasteiger partial charge in [-0.1, -0.05) is 12.1 Å². The number of hydrogen-bond donors (Lipinski definition) is 1. The maximum absolute atomic E-state index is 5.56. The predicted molar refractivity (Wildman–Crippen MR) is 42.3 cm³/mol. The molecule has 1 aliphatic carbocycles. The van der Waals surface area contributed by atoms with E-state index in [0.29, 0.717) is 18.1 Å². The van der Waals surface area contributed by atoms with Crippen LogP contribution in [0.1, 0.15) is 11.5 Å². The van der Waals surface area contributed by atoms with Gasteiger partial charge in [-0.15, -0.1) is 0 Å². The van der Waals surface area contributed by atoms with Gasteiger partial charge >= 0.3 is 0 Å². The first-order chi connectivity index (χ1) is 5.36. The molecule has 0 spiro atoms. The predicted octanol–water partition coefficient (Wildman–Crippen LogP) is 1.13. The van der Waals surface area contributed by atoms with Crippen molar-refractivity contribution in [2.75, 3.05) is 5.73 Å². The van der Waals surface area contributed by atoms with Gasteiger partial charge in [-0.2, -0.15) is 0 Å². The standard InChI is InChI=1S/C9H9NO/c10-6-3-1-5(2-4-6)7-8-9(7)11-8/h1-4,7-9H,10H2. The molecule has 1 aliphatic heterocycles. The summed E-state index contributed by atoms with van der Waals surface area (Å²) in [5.41, 5.74) is 7.77. The van der Waals surface area contributed by atoms with Gasteiger partial charge in [-0.3, -0.25) is 0 Å². The molecule has 2 unspecified atom stereocenters. The molecule has 2 N–H and O–H groups in total. The molecule has 2 nitrogen and oxygen atoms in total. The number of nitrogens with two attached hydrogens (primary N) is 1. The van der Waals surface area contributed by atoms with Crippen molar-refractivity contribution in [3.8, 4) is 0 Å². The second kappa shape index (κ2) is 1.59. The van der Waals surface area contributed by atoms with Crippen molar-refractivity contribution >= 4 is 5.69 Å². The summed E-state index contributed by atoms with van der Waals surface area (Å²) in [5.74, 6) is 0.690. The van der Waals surface area contributed by atoms with E-state index in [1.807, 2.05) is 12.1 Å². The summed E-state index contributed by atoms with van der Waals surface area (Å²) in [5, 5.41) is 0. The van der Waals surface area contributed by atoms with Crippen LogP contribution in [0.15, 0.2) is 24.3 Å². The summed E-state index contributed by atoms with van der Waals surface area (Å²) in [4.78, 5) is 0. The fraction of sp³-hybridized carbons (Fsp3) is 0.333. The molecule has 2 fully saturated rings. The lowest BCUT2D eigenvalue weighted by molar-refractivity contribution is 0.267. The Balaban J connectivity index is 1.91. The highest BCUT2D eigenvalue weighted by molar-refractivity contribution is 5.44. The highest BCUT2D eigenvalue weighted by Gasteiger charge is 2.68. The Bertz CT molecular complexity index is 285. The first-order valence-corrected chi connectivity index (χ1v) is 3.87. The minimum absolute atomic E-state index is 0.554. The third-order valence-electron chi connectivity index (χ3n) is 2.45. The molecule has 1 heterocycles. The van der Waals surface area contributed by atoms with Crippen molar-refractivity contribution in [1.29, 1.82) is 0 Å². The number of epoxide rings is 1. The zero-order valence-corrected chi connectivity index (χ0v) is 6.03. The lowest BCUT2D eigenvalue weighted by Gasteiger charge is -2.02. The van der Waals surface area contributed by atoms with E-state index in [2.05, 4.69) is 12.1 Å². The minimum atomic E-state index is 0.554. The van der Waals surface area contributed by atoms with E-state index >= 15 is 0 Å². The van der Waals surface area contributed by atoms with Gasteiger partial charge in [0.2, 0.25) is 0 Å². The zero-order chi connectivity index (χ0) is 7.42. The van der Waals surface area contributed by atoms with E-state index in [4.69, 9.17) is 10.5 Å². The summed E-state index contributed by atoms with van der Waals surface area (Å²) in [7, 11) is 0. The Hall–Kier alpha value is -1.02. The lowest BCUT2D eigenvalue weighted by atomic mass is 10.1. The number of fused-ring (bicyclic) bond motifs is 1. The Morgan fingerprint density at radius 1 is 1.09 bits per heavy atom. The molecular weight excluding hydrogens is 138 g/mol. The maximum atomic E-state index is 5.56. The van der Waals surface area contributed by atoms with Crippen LogP contribution in [0.4, 0.5) is 5.69 Å². The van der Waals surface area contributed by atoms with Crippen LogP contribution in [-0.4, -0.2) is 12.2 Å². The maximum Gasteiger partial charge on any atom is 0.0943 e. The molecule has 0 aromatic heterocycles. The normalized spacial score (nSPS) is 38.0. The van der Waals surface area contributed by atoms with Gasteiger partial charge in [0.1, 0.15) is 0 Å². The molecule has 1 saturated carbocycles. The molecule has 11 heavy (non-hydrogen) atoms. The van der Waals surface area contributed by atoms with Gasteiger partial charge in [-0.25, -0.2) is 0 Å². The van der Waals surface area contributed by atoms with Crippen molar-refractivity contribution in [3.63, 3.8) is 0 Å². The van der Waals surface area contributed by atoms with Crippen LogP contribution in [-0.2, 0) is 4.74 Å². The van der Waals surface area contributed by atoms with E-state index in [1.165, 1.54) is 5.56 Å². The average molecular weight is 147 g/mol. The van der Waals surface area contributed by atoms with Gasteiger partial charge in [0.05, 0.1) is 12.2 Å². The Kier molecular flexibility index (Phi) is 0.809. The van der Waals surface area contributed by atoms with Crippen LogP contribution in [0.25, 0.3) is 0 Å². The molecule has 1 aromatic carbocycles. The van der Waals surface area contributed by atoms with Gasteiger partial charge in [0, 0.05) is 11.6 Å². The average Bonchev–Trinajstić information content (AvgIpc) is 2.80. The number of hydrogen-bond acceptors (Lipinski definition) is 2. The zero-order valence-electron chi connectivity index (χ0n) is 6.03. The molecule has 0 radical (unpaired) electrons. The van der Waals surface area contributed by atoms with E-state index in [9.17, 15) is 0 Å². The monoisotopic (exact) mass is 147 g/mol. The smallest absolute Gasteiger partial charge is 0.0943 e. The topological polar surface area (TPSA) is 38.5 Å². The van der Waals surface area contributed by atoms with Gasteiger partial charge < -0.3 is 10.5 Å². The van der Waals surface area contributed by atoms with Crippen LogP contribution in [0, 0.1) is 0 Å². The third-order valence-corrected chi connectivity index (χ3v) is 2.45. The second-order valence-electron chi connectivity index (χ2n) is 3.26. The lowest BCUT2D eigenvalue weighted by Crippen LogP contribution is -1.94. The van der Waals surface area contributed by atoms with E-state index in [-0.39, 0.29) is 0 Å². The van der Waals surface area contributed by atoms with Crippen LogP contribution >= 0.6 is 0 Å². The summed E-state index contributed by atoms with van der Waals surface area (Å²) >= 11 is 0. The third kappa shape index (κ3) is 0.701. The van der Waals surface area contributed by atoms with Crippen LogP contribution in [0.5, 0.6) is 0 Å². The van der Waals surface area contributed by atoms with Gasteiger partial charge in [0.25, 0.3) is 0 Å². The highest BCUT2D eigenvalue weighted by atomic mass is 16.6. The molecule has 56 valence electrons. The molecule has 2 aliphatic rings. The minimum Gasteiger partial charge on any atom is -0.399 e. The first kappa shape index (κ1) is 5.61. The number of ether oxygens (including phenoxy) is 1. The number of benzene rings is 1. The second-order valence-corrected chi connectivity index (χ2v) is 3.26. The van der Waals surface area contributed by atoms with Crippen molar-refractivity contribution in [1.82, 2.24) is 0 Å². The summed E-state index contributed by atoms with van der Waals surface area (Å²) in [6.45, 7) is 0. The Morgan fingerprint density at radius 3 is 2.18 bits per heavy atom. The SMILES string of the molecule is Nc1ccc(C2C3OC32)cc1. The van der Waals surface area contributed by atoms with Crippen LogP contribution < -0.4 is 5.73 Å². The summed E-state index contributed by atoms with van der Waals surface area (Å²) < 4.78 is 5.17. The molecule has 1 saturated heterocycles. The molecule has 3 rings (SSSR count). The van der Waals surface area contributed by atoms with E-state index in [0.717, 1.165) is 5.69 Å². The molecule has 0 amide bonds. The van der Waals surface area contributed by atoms with Crippen molar-refractivity contribution in [2.24, 2.45) is 0 Å². The number of rotatable bonds is 1. The number of nitrogen functional groups attached to an aromatic ring is 1. The highest BCUT2D eigenvalue weighted by Crippen LogP contribution is 2.59. The van der Waals surface area contributed by atoms with E-state index < -0.39 is 0 Å². The van der Waals surface area contributed by atoms with Crippen molar-refractivity contribution in [3.05, 3.63) is 29.8 Å². The quantitative estimate of drug-likeness (QED) is 0.477. The molecule has 2 atom stereocenters. The van der Waals surface area contributed by atoms with Crippen molar-refractivity contribution in [2.45, 2.75) is 18.1 Å². The fourth-order valence-electron chi connectivity index (χ4n) is 1.57. The molecule has 0 bridgehead atoms.